The first-order valence-corrected chi connectivity index (χ1v) is 6.82. The third kappa shape index (κ3) is 2.47. The normalized spacial score (nSPS) is 22.0. The van der Waals surface area contributed by atoms with Crippen LogP contribution in [0.25, 0.3) is 11.0 Å². The number of amides is 1. The lowest BCUT2D eigenvalue weighted by Gasteiger charge is -2.15. The Hall–Kier alpha value is -2.08. The molecule has 0 unspecified atom stereocenters. The quantitative estimate of drug-likeness (QED) is 0.862. The fourth-order valence-corrected chi connectivity index (χ4v) is 2.46. The van der Waals surface area contributed by atoms with E-state index >= 15 is 0 Å². The number of rotatable bonds is 1. The zero-order valence-corrected chi connectivity index (χ0v) is 11.9. The predicted octanol–water partition coefficient (Wildman–Crippen LogP) is 1.40. The highest BCUT2D eigenvalue weighted by Gasteiger charge is 2.34. The Balaban J connectivity index is 1.94. The van der Waals surface area contributed by atoms with E-state index in [0.717, 1.165) is 16.9 Å². The molecule has 5 nitrogen and oxygen atoms in total. The number of hydrogen-bond acceptors (Lipinski definition) is 4. The highest BCUT2D eigenvalue weighted by atomic mass is 19.1. The van der Waals surface area contributed by atoms with E-state index in [1.54, 1.807) is 18.2 Å². The topological polar surface area (TPSA) is 66.3 Å². The minimum atomic E-state index is -1.38. The molecule has 0 bridgehead atoms. The van der Waals surface area contributed by atoms with Gasteiger partial charge in [0.1, 0.15) is 12.3 Å². The van der Waals surface area contributed by atoms with E-state index in [1.807, 2.05) is 13.8 Å². The van der Waals surface area contributed by atoms with Crippen molar-refractivity contribution < 1.29 is 14.3 Å². The van der Waals surface area contributed by atoms with Crippen molar-refractivity contribution >= 4 is 16.9 Å². The molecule has 2 atom stereocenters. The molecule has 6 heteroatoms. The maximum atomic E-state index is 13.3. The van der Waals surface area contributed by atoms with Crippen LogP contribution in [0.4, 0.5) is 4.39 Å². The maximum absolute atomic E-state index is 13.3. The van der Waals surface area contributed by atoms with Gasteiger partial charge in [-0.3, -0.25) is 4.79 Å². The van der Waals surface area contributed by atoms with Crippen molar-refractivity contribution in [3.05, 3.63) is 35.2 Å². The lowest BCUT2D eigenvalue weighted by molar-refractivity contribution is 0.0764. The van der Waals surface area contributed by atoms with E-state index in [1.165, 1.54) is 4.90 Å². The molecule has 110 valence electrons. The summed E-state index contributed by atoms with van der Waals surface area (Å²) in [4.78, 5) is 22.5. The first-order valence-electron chi connectivity index (χ1n) is 6.82. The van der Waals surface area contributed by atoms with Crippen molar-refractivity contribution in [1.82, 2.24) is 14.9 Å². The summed E-state index contributed by atoms with van der Waals surface area (Å²) in [7, 11) is 0. The zero-order chi connectivity index (χ0) is 15.1. The molecule has 1 amide bonds. The van der Waals surface area contributed by atoms with Gasteiger partial charge in [-0.1, -0.05) is 0 Å². The molecule has 1 saturated heterocycles. The summed E-state index contributed by atoms with van der Waals surface area (Å²) in [6.07, 6.45) is -2.47. The van der Waals surface area contributed by atoms with Crippen molar-refractivity contribution in [3.8, 4) is 0 Å². The van der Waals surface area contributed by atoms with Crippen molar-refractivity contribution in [2.75, 3.05) is 13.1 Å². The third-order valence-corrected chi connectivity index (χ3v) is 3.83. The van der Waals surface area contributed by atoms with E-state index in [0.29, 0.717) is 11.1 Å². The number of alkyl halides is 1. The first-order chi connectivity index (χ1) is 9.95. The number of fused-ring (bicyclic) bond motifs is 1. The van der Waals surface area contributed by atoms with Crippen LogP contribution in [-0.4, -0.2) is 51.2 Å². The lowest BCUT2D eigenvalue weighted by Crippen LogP contribution is -2.29. The van der Waals surface area contributed by atoms with Gasteiger partial charge < -0.3 is 10.0 Å². The summed E-state index contributed by atoms with van der Waals surface area (Å²) in [5.41, 5.74) is 3.46. The number of halogens is 1. The Morgan fingerprint density at radius 3 is 2.52 bits per heavy atom. The molecule has 1 aromatic heterocycles. The second-order valence-electron chi connectivity index (χ2n) is 5.39. The number of carbonyl (C=O) groups is 1. The van der Waals surface area contributed by atoms with Crippen molar-refractivity contribution in [2.24, 2.45) is 0 Å². The minimum Gasteiger partial charge on any atom is -0.388 e. The number of likely N-dealkylation sites (tertiary alicyclic amines) is 1. The van der Waals surface area contributed by atoms with Gasteiger partial charge in [0.15, 0.2) is 0 Å². The lowest BCUT2D eigenvalue weighted by atomic mass is 10.1. The molecule has 3 rings (SSSR count). The summed E-state index contributed by atoms with van der Waals surface area (Å²) in [6, 6.07) is 5.06. The molecule has 2 aromatic rings. The van der Waals surface area contributed by atoms with Crippen LogP contribution >= 0.6 is 0 Å². The van der Waals surface area contributed by atoms with Gasteiger partial charge in [-0.25, -0.2) is 14.4 Å². The molecule has 0 aliphatic carbocycles. The molecule has 0 radical (unpaired) electrons. The van der Waals surface area contributed by atoms with Gasteiger partial charge in [-0.2, -0.15) is 0 Å². The van der Waals surface area contributed by atoms with E-state index in [9.17, 15) is 14.3 Å². The van der Waals surface area contributed by atoms with Crippen LogP contribution in [0.2, 0.25) is 0 Å². The largest absolute Gasteiger partial charge is 0.388 e. The second-order valence-corrected chi connectivity index (χ2v) is 5.39. The molecule has 21 heavy (non-hydrogen) atoms. The maximum Gasteiger partial charge on any atom is 0.254 e. The smallest absolute Gasteiger partial charge is 0.254 e. The fraction of sp³-hybridized carbons (Fsp3) is 0.400. The molecular weight excluding hydrogens is 273 g/mol. The van der Waals surface area contributed by atoms with Crippen LogP contribution in [0, 0.1) is 13.8 Å². The molecule has 1 aliphatic heterocycles. The van der Waals surface area contributed by atoms with E-state index in [-0.39, 0.29) is 19.0 Å². The SMILES string of the molecule is Cc1nc2ccc(C(=O)N3C[C@@H](O)[C@H](F)C3)cc2nc1C. The number of aliphatic hydroxyl groups excluding tert-OH is 1. The van der Waals surface area contributed by atoms with E-state index < -0.39 is 12.3 Å². The van der Waals surface area contributed by atoms with Gasteiger partial charge in [0, 0.05) is 12.1 Å². The van der Waals surface area contributed by atoms with Gasteiger partial charge in [-0.15, -0.1) is 0 Å². The Bertz CT molecular complexity index is 709. The molecule has 0 saturated carbocycles. The van der Waals surface area contributed by atoms with Gasteiger partial charge in [0.05, 0.1) is 29.0 Å². The summed E-state index contributed by atoms with van der Waals surface area (Å²) in [5, 5.41) is 9.41. The number of aliphatic hydroxyl groups is 1. The summed E-state index contributed by atoms with van der Waals surface area (Å²) in [5.74, 6) is -0.295. The minimum absolute atomic E-state index is 0.0244. The molecule has 0 spiro atoms. The molecule has 2 heterocycles. The number of β-amino-alcohol motifs (C(OH)–C–C–N with tert-alkyl or cyclic N) is 1. The number of hydrogen-bond donors (Lipinski definition) is 1. The first kappa shape index (κ1) is 13.9. The average Bonchev–Trinajstić information content (AvgIpc) is 2.79. The van der Waals surface area contributed by atoms with E-state index in [2.05, 4.69) is 9.97 Å². The zero-order valence-electron chi connectivity index (χ0n) is 11.9. The molecule has 1 N–H and O–H groups in total. The Labute approximate surface area is 121 Å². The highest BCUT2D eigenvalue weighted by molar-refractivity contribution is 5.97. The molecule has 1 aliphatic rings. The standard InChI is InChI=1S/C15H16FN3O2/c1-8-9(2)18-13-5-10(3-4-12(13)17-8)15(21)19-6-11(16)14(20)7-19/h3-5,11,14,20H,6-7H2,1-2H3/t11-,14-/m1/s1. The monoisotopic (exact) mass is 289 g/mol. The third-order valence-electron chi connectivity index (χ3n) is 3.83. The van der Waals surface area contributed by atoms with Crippen molar-refractivity contribution in [3.63, 3.8) is 0 Å². The molecule has 1 fully saturated rings. The van der Waals surface area contributed by atoms with Crippen LogP contribution in [0.3, 0.4) is 0 Å². The van der Waals surface area contributed by atoms with Crippen molar-refractivity contribution in [1.29, 1.82) is 0 Å². The van der Waals surface area contributed by atoms with Gasteiger partial charge in [0.2, 0.25) is 0 Å². The van der Waals surface area contributed by atoms with Crippen LogP contribution in [0.1, 0.15) is 21.7 Å². The Morgan fingerprint density at radius 1 is 1.24 bits per heavy atom. The number of aromatic nitrogens is 2. The Kier molecular flexibility index (Phi) is 3.33. The Morgan fingerprint density at radius 2 is 1.90 bits per heavy atom. The number of nitrogens with zero attached hydrogens (tertiary/aromatic N) is 3. The number of benzene rings is 1. The van der Waals surface area contributed by atoms with Gasteiger partial charge in [0.25, 0.3) is 5.91 Å². The predicted molar refractivity (Wildman–Crippen MR) is 75.8 cm³/mol. The number of aryl methyl sites for hydroxylation is 2. The number of carbonyl (C=O) groups excluding carboxylic acids is 1. The molecule has 1 aromatic carbocycles. The second kappa shape index (κ2) is 5.04. The average molecular weight is 289 g/mol. The molecular formula is C15H16FN3O2. The van der Waals surface area contributed by atoms with E-state index in [4.69, 9.17) is 0 Å². The van der Waals surface area contributed by atoms with Gasteiger partial charge in [-0.05, 0) is 32.0 Å². The van der Waals surface area contributed by atoms with Crippen molar-refractivity contribution in [2.45, 2.75) is 26.1 Å². The van der Waals surface area contributed by atoms with Crippen LogP contribution in [0.5, 0.6) is 0 Å². The van der Waals surface area contributed by atoms with Crippen LogP contribution < -0.4 is 0 Å². The van der Waals surface area contributed by atoms with Gasteiger partial charge >= 0.3 is 0 Å². The summed E-state index contributed by atoms with van der Waals surface area (Å²) < 4.78 is 13.3. The fourth-order valence-electron chi connectivity index (χ4n) is 2.46. The summed E-state index contributed by atoms with van der Waals surface area (Å²) >= 11 is 0. The highest BCUT2D eigenvalue weighted by Crippen LogP contribution is 2.19. The summed E-state index contributed by atoms with van der Waals surface area (Å²) in [6.45, 7) is 3.70. The van der Waals surface area contributed by atoms with Crippen LogP contribution in [-0.2, 0) is 0 Å². The van der Waals surface area contributed by atoms with Crippen LogP contribution in [0.15, 0.2) is 18.2 Å².